The van der Waals surface area contributed by atoms with Crippen molar-refractivity contribution in [2.75, 3.05) is 0 Å². The lowest BCUT2D eigenvalue weighted by atomic mass is 9.78. The normalized spacial score (nSPS) is 24.1. The third-order valence-corrected chi connectivity index (χ3v) is 5.45. The lowest BCUT2D eigenvalue weighted by Gasteiger charge is -2.32. The topological polar surface area (TPSA) is 18.5 Å². The van der Waals surface area contributed by atoms with Gasteiger partial charge in [-0.3, -0.25) is 0 Å². The summed E-state index contributed by atoms with van der Waals surface area (Å²) in [5, 5.41) is -1.39. The molecule has 0 saturated carbocycles. The van der Waals surface area contributed by atoms with Crippen LogP contribution in [0.15, 0.2) is 78.6 Å². The summed E-state index contributed by atoms with van der Waals surface area (Å²) in [4.78, 5) is 0. The summed E-state index contributed by atoms with van der Waals surface area (Å²) < 4.78 is 124. The van der Waals surface area contributed by atoms with Crippen molar-refractivity contribution < 1.29 is 27.1 Å². The predicted molar refractivity (Wildman–Crippen MR) is 123 cm³/mol. The van der Waals surface area contributed by atoms with E-state index in [1.165, 1.54) is 0 Å². The van der Waals surface area contributed by atoms with Crippen LogP contribution >= 0.6 is 0 Å². The molecular weight excluding hydrogens is 355 g/mol. The van der Waals surface area contributed by atoms with E-state index in [0.29, 0.717) is 0 Å². The molecule has 0 aliphatic carbocycles. The maximum absolute atomic E-state index is 9.03. The van der Waals surface area contributed by atoms with Crippen molar-refractivity contribution in [1.29, 1.82) is 0 Å². The number of hydrogen-bond acceptors (Lipinski definition) is 2. The predicted octanol–water partition coefficient (Wildman–Crippen LogP) is 5.96. The summed E-state index contributed by atoms with van der Waals surface area (Å²) in [7, 11) is -1.24. The van der Waals surface area contributed by atoms with Crippen LogP contribution in [0.5, 0.6) is 0 Å². The van der Waals surface area contributed by atoms with Crippen molar-refractivity contribution in [2.45, 2.75) is 38.9 Å². The molecule has 29 heavy (non-hydrogen) atoms. The fourth-order valence-electron chi connectivity index (χ4n) is 3.09. The van der Waals surface area contributed by atoms with E-state index >= 15 is 0 Å². The van der Waals surface area contributed by atoms with E-state index in [2.05, 4.69) is 0 Å². The van der Waals surface area contributed by atoms with Gasteiger partial charge in [-0.1, -0.05) is 72.5 Å². The maximum atomic E-state index is 9.03. The van der Waals surface area contributed by atoms with Crippen molar-refractivity contribution >= 4 is 34.1 Å². The molecule has 1 fully saturated rings. The van der Waals surface area contributed by atoms with Gasteiger partial charge < -0.3 is 9.31 Å². The van der Waals surface area contributed by atoms with Crippen molar-refractivity contribution in [2.24, 2.45) is 0 Å². The Kier molecular flexibility index (Phi) is 2.01. The highest BCUT2D eigenvalue weighted by molar-refractivity contribution is 6.62. The molecule has 4 aromatic rings. The molecule has 0 bridgehead atoms. The van der Waals surface area contributed by atoms with Gasteiger partial charge in [0.05, 0.1) is 29.0 Å². The van der Waals surface area contributed by atoms with Crippen LogP contribution in [0, 0.1) is 0 Å². The van der Waals surface area contributed by atoms with Gasteiger partial charge in [-0.25, -0.2) is 0 Å². The van der Waals surface area contributed by atoms with Gasteiger partial charge in [0.25, 0.3) is 0 Å². The zero-order valence-electron chi connectivity index (χ0n) is 29.4. The molecule has 3 heteroatoms. The standard InChI is InChI=1S/C26H25BO2/c1-25(2)26(3,4)29-27(28-25)22-15-14-19-16-21(13-12-20(19)17-22)24-11-7-9-18-8-5-6-10-23(18)24/h5-17H,1-4H3/i5D,6D,7D,8D,9D,10D,11D,12D,13D,14D,15D,16D,17D. The average molecular weight is 393 g/mol. The summed E-state index contributed by atoms with van der Waals surface area (Å²) in [6.45, 7) is 7.09. The summed E-state index contributed by atoms with van der Waals surface area (Å²) >= 11 is 0. The molecular formula is C26H25BO2. The van der Waals surface area contributed by atoms with E-state index in [4.69, 9.17) is 27.1 Å². The Labute approximate surface area is 190 Å². The highest BCUT2D eigenvalue weighted by atomic mass is 16.7. The van der Waals surface area contributed by atoms with E-state index in [-0.39, 0.29) is 27.0 Å². The smallest absolute Gasteiger partial charge is 0.399 e. The summed E-state index contributed by atoms with van der Waals surface area (Å²) in [6.07, 6.45) is 0. The number of fused-ring (bicyclic) bond motifs is 2. The third-order valence-electron chi connectivity index (χ3n) is 5.45. The summed E-state index contributed by atoms with van der Waals surface area (Å²) in [5.41, 5.74) is -2.73. The van der Waals surface area contributed by atoms with E-state index in [1.54, 1.807) is 27.7 Å². The first-order chi connectivity index (χ1) is 19.3. The fourth-order valence-corrected chi connectivity index (χ4v) is 3.09. The van der Waals surface area contributed by atoms with Crippen molar-refractivity contribution in [3.8, 4) is 11.1 Å². The molecule has 0 spiro atoms. The Hall–Kier alpha value is -2.62. The molecule has 0 radical (unpaired) electrons. The lowest BCUT2D eigenvalue weighted by Crippen LogP contribution is -2.41. The minimum atomic E-state index is -1.24. The van der Waals surface area contributed by atoms with Crippen LogP contribution in [0.3, 0.4) is 0 Å². The minimum Gasteiger partial charge on any atom is -0.399 e. The number of benzene rings is 4. The molecule has 0 amide bonds. The zero-order valence-corrected chi connectivity index (χ0v) is 16.4. The molecule has 0 atom stereocenters. The summed E-state index contributed by atoms with van der Waals surface area (Å²) in [5.74, 6) is 0. The highest BCUT2D eigenvalue weighted by Crippen LogP contribution is 2.37. The van der Waals surface area contributed by atoms with Crippen LogP contribution in [0.4, 0.5) is 0 Å². The SMILES string of the molecule is [2H]c1c(-c2c([2H])c([2H])c([2H])c3c([2H])c([2H])c([2H])c([2H])c23)c([2H])c2c([2H])c([2H])c(B3OC(C)(C)C(C)(C)O3)c([2H])c2c1[2H]. The fraction of sp³-hybridized carbons (Fsp3) is 0.231. The van der Waals surface area contributed by atoms with Crippen LogP contribution in [-0.2, 0) is 9.31 Å². The van der Waals surface area contributed by atoms with Gasteiger partial charge in [0.1, 0.15) is 0 Å². The molecule has 5 rings (SSSR count). The Morgan fingerprint density at radius 1 is 0.690 bits per heavy atom. The van der Waals surface area contributed by atoms with Gasteiger partial charge in [0, 0.05) is 0 Å². The molecule has 0 aromatic heterocycles. The van der Waals surface area contributed by atoms with Crippen molar-refractivity contribution in [3.05, 3.63) is 78.6 Å². The summed E-state index contributed by atoms with van der Waals surface area (Å²) in [6, 6.07) is -8.12. The van der Waals surface area contributed by atoms with E-state index < -0.39 is 108 Å². The molecule has 1 saturated heterocycles. The molecule has 0 unspecified atom stereocenters. The first-order valence-corrected chi connectivity index (χ1v) is 9.17. The minimum absolute atomic E-state index is 0.140. The largest absolute Gasteiger partial charge is 0.494 e. The molecule has 1 aliphatic rings. The van der Waals surface area contributed by atoms with Crippen molar-refractivity contribution in [1.82, 2.24) is 0 Å². The van der Waals surface area contributed by atoms with E-state index in [0.717, 1.165) is 0 Å². The first-order valence-electron chi connectivity index (χ1n) is 15.7. The van der Waals surface area contributed by atoms with Gasteiger partial charge in [0.2, 0.25) is 0 Å². The number of rotatable bonds is 2. The van der Waals surface area contributed by atoms with Crippen LogP contribution in [0.2, 0.25) is 0 Å². The Morgan fingerprint density at radius 3 is 2.14 bits per heavy atom. The molecule has 0 N–H and O–H groups in total. The van der Waals surface area contributed by atoms with E-state index in [9.17, 15) is 0 Å². The van der Waals surface area contributed by atoms with Gasteiger partial charge in [-0.15, -0.1) is 0 Å². The molecule has 1 aliphatic heterocycles. The van der Waals surface area contributed by atoms with Gasteiger partial charge in [-0.05, 0) is 71.9 Å². The maximum Gasteiger partial charge on any atom is 0.494 e. The van der Waals surface area contributed by atoms with Gasteiger partial charge >= 0.3 is 7.12 Å². The monoisotopic (exact) mass is 393 g/mol. The van der Waals surface area contributed by atoms with Crippen LogP contribution in [0.25, 0.3) is 32.7 Å². The highest BCUT2D eigenvalue weighted by Gasteiger charge is 2.51. The van der Waals surface area contributed by atoms with Crippen LogP contribution in [-0.4, -0.2) is 18.3 Å². The molecule has 1 heterocycles. The molecule has 144 valence electrons. The van der Waals surface area contributed by atoms with Gasteiger partial charge in [0.15, 0.2) is 0 Å². The van der Waals surface area contributed by atoms with Crippen LogP contribution < -0.4 is 5.46 Å². The second-order valence-electron chi connectivity index (χ2n) is 7.88. The lowest BCUT2D eigenvalue weighted by molar-refractivity contribution is 0.00578. The first kappa shape index (κ1) is 9.03. The zero-order chi connectivity index (χ0) is 31.5. The van der Waals surface area contributed by atoms with E-state index in [1.807, 2.05) is 0 Å². The average Bonchev–Trinajstić information content (AvgIpc) is 3.12. The number of hydrogen-bond donors (Lipinski definition) is 0. The second kappa shape index (κ2) is 6.45. The Balaban J connectivity index is 1.95. The Bertz CT molecular complexity index is 1860. The van der Waals surface area contributed by atoms with Gasteiger partial charge in [-0.2, -0.15) is 0 Å². The Morgan fingerprint density at radius 2 is 1.34 bits per heavy atom. The molecule has 4 aromatic carbocycles. The quantitative estimate of drug-likeness (QED) is 0.391. The van der Waals surface area contributed by atoms with Crippen LogP contribution in [0.1, 0.15) is 45.5 Å². The van der Waals surface area contributed by atoms with Crippen molar-refractivity contribution in [3.63, 3.8) is 0 Å². The third kappa shape index (κ3) is 3.06. The second-order valence-corrected chi connectivity index (χ2v) is 7.88. The molecule has 2 nitrogen and oxygen atoms in total.